The van der Waals surface area contributed by atoms with Crippen LogP contribution in [0.3, 0.4) is 0 Å². The lowest BCUT2D eigenvalue weighted by molar-refractivity contribution is 0.0527. The number of rotatable bonds is 6. The first-order valence-corrected chi connectivity index (χ1v) is 8.29. The predicted molar refractivity (Wildman–Crippen MR) is 100 cm³/mol. The van der Waals surface area contributed by atoms with Gasteiger partial charge in [0.2, 0.25) is 5.95 Å². The largest absolute Gasteiger partial charge is 0.462 e. The number of aromatic nitrogens is 3. The number of nitrogens with zero attached hydrogens (tertiary/aromatic N) is 3. The van der Waals surface area contributed by atoms with Crippen molar-refractivity contribution in [2.45, 2.75) is 6.92 Å². The maximum atomic E-state index is 12.0. The van der Waals surface area contributed by atoms with E-state index in [0.29, 0.717) is 28.7 Å². The molecule has 0 spiro atoms. The number of carbonyl (C=O) groups excluding carboxylic acids is 1. The average molecular weight is 370 g/mol. The van der Waals surface area contributed by atoms with Crippen molar-refractivity contribution >= 4 is 40.7 Å². The maximum absolute atomic E-state index is 12.0. The van der Waals surface area contributed by atoms with Crippen LogP contribution in [0, 0.1) is 0 Å². The van der Waals surface area contributed by atoms with Gasteiger partial charge in [-0.1, -0.05) is 23.7 Å². The molecule has 0 fully saturated rings. The van der Waals surface area contributed by atoms with E-state index in [1.807, 2.05) is 12.1 Å². The van der Waals surface area contributed by atoms with Crippen molar-refractivity contribution in [2.24, 2.45) is 0 Å². The molecule has 0 saturated heterocycles. The van der Waals surface area contributed by atoms with Gasteiger partial charge >= 0.3 is 5.97 Å². The fraction of sp³-hybridized carbons (Fsp3) is 0.111. The molecule has 2 aromatic carbocycles. The topological polar surface area (TPSA) is 89.0 Å². The quantitative estimate of drug-likeness (QED) is 0.629. The fourth-order valence-corrected chi connectivity index (χ4v) is 2.32. The lowest BCUT2D eigenvalue weighted by Crippen LogP contribution is -2.09. The summed E-state index contributed by atoms with van der Waals surface area (Å²) in [5, 5.41) is 14.6. The molecule has 132 valence electrons. The van der Waals surface area contributed by atoms with E-state index in [0.717, 1.165) is 5.69 Å². The number of anilines is 4. The first-order chi connectivity index (χ1) is 12.7. The molecule has 1 heterocycles. The Morgan fingerprint density at radius 3 is 2.65 bits per heavy atom. The molecule has 1 aromatic heterocycles. The molecule has 26 heavy (non-hydrogen) atoms. The Bertz CT molecular complexity index is 902. The molecule has 0 radical (unpaired) electrons. The molecule has 0 aliphatic carbocycles. The Balaban J connectivity index is 1.79. The van der Waals surface area contributed by atoms with Crippen molar-refractivity contribution in [3.63, 3.8) is 0 Å². The van der Waals surface area contributed by atoms with Crippen LogP contribution in [0.4, 0.5) is 23.1 Å². The van der Waals surface area contributed by atoms with E-state index in [4.69, 9.17) is 16.3 Å². The van der Waals surface area contributed by atoms with Crippen LogP contribution in [-0.2, 0) is 4.74 Å². The summed E-state index contributed by atoms with van der Waals surface area (Å²) in [5.41, 5.74) is 1.75. The summed E-state index contributed by atoms with van der Waals surface area (Å²) in [5.74, 6) is 0.332. The van der Waals surface area contributed by atoms with Crippen molar-refractivity contribution in [1.82, 2.24) is 15.2 Å². The molecular formula is C18H16ClN5O2. The average Bonchev–Trinajstić information content (AvgIpc) is 2.65. The molecule has 8 heteroatoms. The van der Waals surface area contributed by atoms with Gasteiger partial charge in [-0.3, -0.25) is 0 Å². The third-order valence-electron chi connectivity index (χ3n) is 3.34. The molecular weight excluding hydrogens is 354 g/mol. The monoisotopic (exact) mass is 369 g/mol. The van der Waals surface area contributed by atoms with Gasteiger partial charge in [-0.25, -0.2) is 4.79 Å². The third-order valence-corrected chi connectivity index (χ3v) is 3.60. The second kappa shape index (κ2) is 8.26. The van der Waals surface area contributed by atoms with Gasteiger partial charge in [0.15, 0.2) is 5.82 Å². The van der Waals surface area contributed by atoms with E-state index >= 15 is 0 Å². The molecule has 3 aromatic rings. The normalized spacial score (nSPS) is 10.2. The highest BCUT2D eigenvalue weighted by molar-refractivity contribution is 6.30. The van der Waals surface area contributed by atoms with Gasteiger partial charge in [-0.2, -0.15) is 10.1 Å². The van der Waals surface area contributed by atoms with Crippen molar-refractivity contribution in [3.8, 4) is 0 Å². The number of hydrogen-bond acceptors (Lipinski definition) is 7. The van der Waals surface area contributed by atoms with E-state index < -0.39 is 5.97 Å². The summed E-state index contributed by atoms with van der Waals surface area (Å²) in [6, 6.07) is 14.2. The SMILES string of the molecule is CCOC(=O)c1ccccc1Nc1nncc(Nc2ccc(Cl)cc2)n1. The van der Waals surface area contributed by atoms with Crippen LogP contribution >= 0.6 is 11.6 Å². The van der Waals surface area contributed by atoms with Gasteiger partial charge < -0.3 is 15.4 Å². The summed E-state index contributed by atoms with van der Waals surface area (Å²) in [4.78, 5) is 16.4. The second-order valence-electron chi connectivity index (χ2n) is 5.19. The fourth-order valence-electron chi connectivity index (χ4n) is 2.20. The van der Waals surface area contributed by atoms with E-state index in [2.05, 4.69) is 25.8 Å². The number of ether oxygens (including phenoxy) is 1. The first-order valence-electron chi connectivity index (χ1n) is 7.91. The van der Waals surface area contributed by atoms with Crippen LogP contribution < -0.4 is 10.6 Å². The zero-order valence-electron chi connectivity index (χ0n) is 13.9. The summed E-state index contributed by atoms with van der Waals surface area (Å²) in [7, 11) is 0. The standard InChI is InChI=1S/C18H16ClN5O2/c1-2-26-17(25)14-5-3-4-6-15(14)22-18-23-16(11-20-24-18)21-13-9-7-12(19)8-10-13/h3-11H,2H2,1H3,(H2,21,22,23,24). The van der Waals surface area contributed by atoms with Crippen molar-refractivity contribution in [1.29, 1.82) is 0 Å². The highest BCUT2D eigenvalue weighted by atomic mass is 35.5. The minimum absolute atomic E-state index is 0.251. The van der Waals surface area contributed by atoms with Crippen LogP contribution in [0.2, 0.25) is 5.02 Å². The van der Waals surface area contributed by atoms with E-state index in [1.54, 1.807) is 43.3 Å². The lowest BCUT2D eigenvalue weighted by atomic mass is 10.2. The molecule has 2 N–H and O–H groups in total. The van der Waals surface area contributed by atoms with Gasteiger partial charge in [0, 0.05) is 10.7 Å². The Labute approximate surface area is 155 Å². The van der Waals surface area contributed by atoms with Gasteiger partial charge in [0.1, 0.15) is 0 Å². The van der Waals surface area contributed by atoms with Gasteiger partial charge in [-0.05, 0) is 43.3 Å². The highest BCUT2D eigenvalue weighted by Gasteiger charge is 2.13. The zero-order chi connectivity index (χ0) is 18.4. The van der Waals surface area contributed by atoms with Crippen LogP contribution in [0.25, 0.3) is 0 Å². The molecule has 0 amide bonds. The number of halogens is 1. The van der Waals surface area contributed by atoms with Crippen LogP contribution in [0.5, 0.6) is 0 Å². The smallest absolute Gasteiger partial charge is 0.340 e. The molecule has 0 saturated carbocycles. The number of para-hydroxylation sites is 1. The second-order valence-corrected chi connectivity index (χ2v) is 5.62. The van der Waals surface area contributed by atoms with Crippen molar-refractivity contribution in [3.05, 3.63) is 65.3 Å². The van der Waals surface area contributed by atoms with Gasteiger partial charge in [0.25, 0.3) is 0 Å². The van der Waals surface area contributed by atoms with E-state index in [9.17, 15) is 4.79 Å². The van der Waals surface area contributed by atoms with Crippen LogP contribution in [-0.4, -0.2) is 27.8 Å². The van der Waals surface area contributed by atoms with E-state index in [1.165, 1.54) is 6.20 Å². The third kappa shape index (κ3) is 4.46. The minimum Gasteiger partial charge on any atom is -0.462 e. The van der Waals surface area contributed by atoms with Gasteiger partial charge in [-0.15, -0.1) is 5.10 Å². The molecule has 3 rings (SSSR count). The lowest BCUT2D eigenvalue weighted by Gasteiger charge is -2.11. The summed E-state index contributed by atoms with van der Waals surface area (Å²) in [6.45, 7) is 2.05. The molecule has 0 bridgehead atoms. The minimum atomic E-state index is -0.418. The Kier molecular flexibility index (Phi) is 5.60. The van der Waals surface area contributed by atoms with Crippen molar-refractivity contribution < 1.29 is 9.53 Å². The number of esters is 1. The molecule has 0 aliphatic heterocycles. The first kappa shape index (κ1) is 17.6. The number of carbonyl (C=O) groups is 1. The summed E-state index contributed by atoms with van der Waals surface area (Å²) >= 11 is 5.88. The molecule has 0 atom stereocenters. The number of benzene rings is 2. The number of nitrogens with one attached hydrogen (secondary N) is 2. The highest BCUT2D eigenvalue weighted by Crippen LogP contribution is 2.21. The maximum Gasteiger partial charge on any atom is 0.340 e. The Morgan fingerprint density at radius 1 is 1.12 bits per heavy atom. The van der Waals surface area contributed by atoms with Crippen LogP contribution in [0.15, 0.2) is 54.7 Å². The summed E-state index contributed by atoms with van der Waals surface area (Å²) < 4.78 is 5.06. The molecule has 7 nitrogen and oxygen atoms in total. The molecule has 0 aliphatic rings. The Morgan fingerprint density at radius 2 is 1.88 bits per heavy atom. The number of hydrogen-bond donors (Lipinski definition) is 2. The zero-order valence-corrected chi connectivity index (χ0v) is 14.7. The van der Waals surface area contributed by atoms with Gasteiger partial charge in [0.05, 0.1) is 24.1 Å². The Hall–Kier alpha value is -3.19. The molecule has 0 unspecified atom stereocenters. The van der Waals surface area contributed by atoms with Crippen LogP contribution in [0.1, 0.15) is 17.3 Å². The van der Waals surface area contributed by atoms with E-state index in [-0.39, 0.29) is 5.95 Å². The van der Waals surface area contributed by atoms with Crippen molar-refractivity contribution in [2.75, 3.05) is 17.2 Å². The predicted octanol–water partition coefficient (Wildman–Crippen LogP) is 4.19. The summed E-state index contributed by atoms with van der Waals surface area (Å²) in [6.07, 6.45) is 1.50.